The molecule has 0 aromatic carbocycles. The van der Waals surface area contributed by atoms with Gasteiger partial charge in [0.05, 0.1) is 6.61 Å². The Morgan fingerprint density at radius 2 is 2.64 bits per heavy atom. The second kappa shape index (κ2) is 3.64. The van der Waals surface area contributed by atoms with E-state index in [4.69, 9.17) is 4.42 Å². The average molecular weight is 190 g/mol. The first-order chi connectivity index (χ1) is 5.24. The van der Waals surface area contributed by atoms with Crippen molar-refractivity contribution in [1.29, 1.82) is 0 Å². The number of carbonyl (C=O) groups is 1. The minimum Gasteiger partial charge on any atom is -0.460 e. The Labute approximate surface area is 72.6 Å². The Bertz CT molecular complexity index is 299. The van der Waals surface area contributed by atoms with Crippen molar-refractivity contribution in [3.8, 4) is 0 Å². The zero-order valence-electron chi connectivity index (χ0n) is 5.83. The number of carbonyl (C=O) groups excluding carboxylic acids is 1. The summed E-state index contributed by atoms with van der Waals surface area (Å²) in [7, 11) is 0. The van der Waals surface area contributed by atoms with Crippen molar-refractivity contribution in [3.63, 3.8) is 0 Å². The van der Waals surface area contributed by atoms with Gasteiger partial charge in [0.15, 0.2) is 0 Å². The van der Waals surface area contributed by atoms with Crippen LogP contribution in [0.25, 0.3) is 0 Å². The Kier molecular flexibility index (Phi) is 2.78. The Morgan fingerprint density at radius 1 is 1.91 bits per heavy atom. The van der Waals surface area contributed by atoms with Crippen LogP contribution >= 0.6 is 23.6 Å². The Morgan fingerprint density at radius 3 is 3.09 bits per heavy atom. The van der Waals surface area contributed by atoms with Crippen LogP contribution in [0.2, 0.25) is 0 Å². The highest BCUT2D eigenvalue weighted by atomic mass is 32.1. The van der Waals surface area contributed by atoms with Crippen LogP contribution in [0.1, 0.15) is 17.5 Å². The normalized spacial score (nSPS) is 9.55. The third-order valence-corrected chi connectivity index (χ3v) is 1.91. The molecule has 0 aliphatic rings. The van der Waals surface area contributed by atoms with Crippen LogP contribution < -0.4 is 0 Å². The highest BCUT2D eigenvalue weighted by Crippen LogP contribution is 2.10. The largest absolute Gasteiger partial charge is 0.460 e. The second-order valence-corrected chi connectivity index (χ2v) is 3.14. The minimum absolute atomic E-state index is 0.182. The quantitative estimate of drug-likeness (QED) is 0.529. The summed E-state index contributed by atoms with van der Waals surface area (Å²) < 4.78 is 9.87. The molecule has 0 amide bonds. The topological polar surface area (TPSA) is 39.4 Å². The summed E-state index contributed by atoms with van der Waals surface area (Å²) in [6, 6.07) is 0. The van der Waals surface area contributed by atoms with E-state index in [2.05, 4.69) is 17.0 Å². The lowest BCUT2D eigenvalue weighted by molar-refractivity contribution is 0.0489. The van der Waals surface area contributed by atoms with Gasteiger partial charge in [0, 0.05) is 5.38 Å². The molecule has 0 saturated heterocycles. The summed E-state index contributed by atoms with van der Waals surface area (Å²) >= 11 is 5.89. The molecule has 1 aromatic rings. The number of rotatable bonds is 2. The van der Waals surface area contributed by atoms with E-state index in [0.29, 0.717) is 10.6 Å². The zero-order chi connectivity index (χ0) is 8.27. The average Bonchev–Trinajstić information content (AvgIpc) is 2.36. The van der Waals surface area contributed by atoms with E-state index in [1.54, 1.807) is 12.3 Å². The molecule has 0 fully saturated rings. The van der Waals surface area contributed by atoms with Gasteiger partial charge in [-0.2, -0.15) is 0 Å². The molecule has 0 bridgehead atoms. The maximum atomic E-state index is 10.9. The van der Waals surface area contributed by atoms with Crippen LogP contribution in [0, 0.1) is 4.02 Å². The second-order valence-electron chi connectivity index (χ2n) is 1.67. The van der Waals surface area contributed by atoms with Crippen molar-refractivity contribution in [2.75, 3.05) is 6.61 Å². The third-order valence-electron chi connectivity index (χ3n) is 0.932. The van der Waals surface area contributed by atoms with Crippen molar-refractivity contribution in [2.45, 2.75) is 6.92 Å². The van der Waals surface area contributed by atoms with Gasteiger partial charge in [0.2, 0.25) is 9.78 Å². The van der Waals surface area contributed by atoms with Crippen LogP contribution in [0.4, 0.5) is 0 Å². The molecule has 0 N–H and O–H groups in total. The van der Waals surface area contributed by atoms with E-state index in [-0.39, 0.29) is 5.76 Å². The van der Waals surface area contributed by atoms with Crippen molar-refractivity contribution in [2.24, 2.45) is 0 Å². The van der Waals surface area contributed by atoms with E-state index in [1.807, 2.05) is 0 Å². The molecule has 0 spiro atoms. The summed E-state index contributed by atoms with van der Waals surface area (Å²) in [5, 5.41) is 1.54. The summed E-state index contributed by atoms with van der Waals surface area (Å²) in [4.78, 5) is 10.9. The molecule has 0 aliphatic carbocycles. The molecule has 1 heterocycles. The van der Waals surface area contributed by atoms with Gasteiger partial charge in [0.25, 0.3) is 0 Å². The molecular formula is C6H6O3S2. The molecule has 11 heavy (non-hydrogen) atoms. The number of hydrogen-bond acceptors (Lipinski definition) is 5. The predicted octanol–water partition coefficient (Wildman–Crippen LogP) is 2.25. The van der Waals surface area contributed by atoms with Gasteiger partial charge < -0.3 is 9.15 Å². The van der Waals surface area contributed by atoms with Crippen molar-refractivity contribution < 1.29 is 13.9 Å². The van der Waals surface area contributed by atoms with Crippen LogP contribution in [0.5, 0.6) is 0 Å². The maximum Gasteiger partial charge on any atom is 0.375 e. The van der Waals surface area contributed by atoms with Gasteiger partial charge in [-0.3, -0.25) is 0 Å². The van der Waals surface area contributed by atoms with Crippen molar-refractivity contribution in [1.82, 2.24) is 0 Å². The highest BCUT2D eigenvalue weighted by Gasteiger charge is 2.09. The number of hydrogen-bond donors (Lipinski definition) is 0. The fourth-order valence-corrected chi connectivity index (χ4v) is 1.25. The van der Waals surface area contributed by atoms with E-state index in [1.165, 1.54) is 11.3 Å². The monoisotopic (exact) mass is 190 g/mol. The summed E-state index contributed by atoms with van der Waals surface area (Å²) in [5.41, 5.74) is 0. The van der Waals surface area contributed by atoms with Crippen molar-refractivity contribution in [3.05, 3.63) is 15.2 Å². The van der Waals surface area contributed by atoms with Crippen LogP contribution in [0.15, 0.2) is 9.80 Å². The van der Waals surface area contributed by atoms with E-state index in [0.717, 1.165) is 0 Å². The molecule has 0 aliphatic heterocycles. The first-order valence-electron chi connectivity index (χ1n) is 2.99. The van der Waals surface area contributed by atoms with Crippen LogP contribution in [0.3, 0.4) is 0 Å². The SMILES string of the molecule is CCOC(=O)c1csc(=S)o1. The molecule has 5 heteroatoms. The number of esters is 1. The zero-order valence-corrected chi connectivity index (χ0v) is 7.46. The lowest BCUT2D eigenvalue weighted by Gasteiger charge is -1.94. The fourth-order valence-electron chi connectivity index (χ4n) is 0.532. The standard InChI is InChI=1S/C6H6O3S2/c1-2-8-5(7)4-3-11-6(10)9-4/h3H,2H2,1H3. The fraction of sp³-hybridized carbons (Fsp3) is 0.333. The molecule has 0 radical (unpaired) electrons. The molecular weight excluding hydrogens is 184 g/mol. The minimum atomic E-state index is -0.458. The van der Waals surface area contributed by atoms with Gasteiger partial charge >= 0.3 is 5.97 Å². The maximum absolute atomic E-state index is 10.9. The lowest BCUT2D eigenvalue weighted by atomic mass is 10.5. The Balaban J connectivity index is 2.76. The van der Waals surface area contributed by atoms with Gasteiger partial charge in [0.1, 0.15) is 0 Å². The number of ether oxygens (including phenoxy) is 1. The van der Waals surface area contributed by atoms with Gasteiger partial charge in [-0.05, 0) is 19.1 Å². The molecule has 0 unspecified atom stereocenters. The van der Waals surface area contributed by atoms with E-state index < -0.39 is 5.97 Å². The molecule has 1 aromatic heterocycles. The predicted molar refractivity (Wildman–Crippen MR) is 43.4 cm³/mol. The Hall–Kier alpha value is -0.680. The lowest BCUT2D eigenvalue weighted by Crippen LogP contribution is -2.02. The van der Waals surface area contributed by atoms with Crippen LogP contribution in [-0.2, 0) is 4.74 Å². The third kappa shape index (κ3) is 2.13. The van der Waals surface area contributed by atoms with Gasteiger partial charge in [-0.1, -0.05) is 11.3 Å². The van der Waals surface area contributed by atoms with E-state index in [9.17, 15) is 4.79 Å². The van der Waals surface area contributed by atoms with Gasteiger partial charge in [-0.25, -0.2) is 4.79 Å². The van der Waals surface area contributed by atoms with E-state index >= 15 is 0 Å². The molecule has 0 atom stereocenters. The van der Waals surface area contributed by atoms with Gasteiger partial charge in [-0.15, -0.1) is 0 Å². The first-order valence-corrected chi connectivity index (χ1v) is 4.28. The molecule has 60 valence electrons. The first kappa shape index (κ1) is 8.42. The smallest absolute Gasteiger partial charge is 0.375 e. The molecule has 1 rings (SSSR count). The summed E-state index contributed by atoms with van der Waals surface area (Å²) in [6.45, 7) is 2.08. The summed E-state index contributed by atoms with van der Waals surface area (Å²) in [6.07, 6.45) is 0. The molecule has 0 saturated carbocycles. The van der Waals surface area contributed by atoms with Crippen LogP contribution in [-0.4, -0.2) is 12.6 Å². The van der Waals surface area contributed by atoms with Crippen molar-refractivity contribution >= 4 is 29.5 Å². The molecule has 3 nitrogen and oxygen atoms in total. The summed E-state index contributed by atoms with van der Waals surface area (Å²) in [5.74, 6) is -0.276. The highest BCUT2D eigenvalue weighted by molar-refractivity contribution is 7.73.